The molecule has 0 bridgehead atoms. The summed E-state index contributed by atoms with van der Waals surface area (Å²) >= 11 is 0. The molecule has 1 aromatic rings. The van der Waals surface area contributed by atoms with Crippen LogP contribution in [0.5, 0.6) is 5.75 Å². The highest BCUT2D eigenvalue weighted by molar-refractivity contribution is 5.78. The minimum Gasteiger partial charge on any atom is -0.508 e. The number of piperazine rings is 1. The fourth-order valence-electron chi connectivity index (χ4n) is 3.36. The SMILES string of the molecule is C[C@@](C#N)(NC(=O)C[NH+]1CCN(c2ccc(O)cc2)CC1)C1CC1. The first-order valence-corrected chi connectivity index (χ1v) is 8.60. The Kier molecular flexibility index (Phi) is 4.63. The zero-order chi connectivity index (χ0) is 17.2. The van der Waals surface area contributed by atoms with Gasteiger partial charge in [0.1, 0.15) is 11.3 Å². The normalized spacial score (nSPS) is 20.9. The molecule has 0 spiro atoms. The summed E-state index contributed by atoms with van der Waals surface area (Å²) in [6.45, 7) is 5.80. The number of quaternary nitrogens is 1. The highest BCUT2D eigenvalue weighted by atomic mass is 16.3. The lowest BCUT2D eigenvalue weighted by Crippen LogP contribution is -3.16. The number of rotatable bonds is 5. The van der Waals surface area contributed by atoms with Crippen LogP contribution < -0.4 is 15.1 Å². The molecule has 128 valence electrons. The average Bonchev–Trinajstić information content (AvgIpc) is 3.41. The van der Waals surface area contributed by atoms with Crippen LogP contribution in [0.15, 0.2) is 24.3 Å². The highest BCUT2D eigenvalue weighted by Gasteiger charge is 2.43. The second-order valence-corrected chi connectivity index (χ2v) is 7.07. The van der Waals surface area contributed by atoms with Crippen molar-refractivity contribution in [2.45, 2.75) is 25.3 Å². The summed E-state index contributed by atoms with van der Waals surface area (Å²) in [4.78, 5) is 15.8. The summed E-state index contributed by atoms with van der Waals surface area (Å²) in [5.74, 6) is 0.558. The number of aromatic hydroxyl groups is 1. The van der Waals surface area contributed by atoms with Crippen molar-refractivity contribution in [2.24, 2.45) is 5.92 Å². The summed E-state index contributed by atoms with van der Waals surface area (Å²) in [6.07, 6.45) is 2.06. The van der Waals surface area contributed by atoms with Gasteiger partial charge in [-0.1, -0.05) is 0 Å². The number of benzene rings is 1. The Morgan fingerprint density at radius 2 is 2.00 bits per heavy atom. The van der Waals surface area contributed by atoms with E-state index in [9.17, 15) is 15.2 Å². The maximum Gasteiger partial charge on any atom is 0.276 e. The molecule has 6 heteroatoms. The van der Waals surface area contributed by atoms with Crippen molar-refractivity contribution in [1.29, 1.82) is 5.26 Å². The first kappa shape index (κ1) is 16.6. The number of nitriles is 1. The number of carbonyl (C=O) groups is 1. The van der Waals surface area contributed by atoms with Crippen LogP contribution >= 0.6 is 0 Å². The molecule has 0 aromatic heterocycles. The van der Waals surface area contributed by atoms with Crippen molar-refractivity contribution >= 4 is 11.6 Å². The Hall–Kier alpha value is -2.26. The molecular formula is C18H25N4O2+. The van der Waals surface area contributed by atoms with E-state index >= 15 is 0 Å². The van der Waals surface area contributed by atoms with Crippen molar-refractivity contribution in [3.8, 4) is 11.8 Å². The Labute approximate surface area is 142 Å². The topological polar surface area (TPSA) is 80.8 Å². The van der Waals surface area contributed by atoms with E-state index in [0.717, 1.165) is 44.7 Å². The van der Waals surface area contributed by atoms with E-state index in [1.807, 2.05) is 19.1 Å². The molecule has 0 radical (unpaired) electrons. The zero-order valence-corrected chi connectivity index (χ0v) is 14.1. The smallest absolute Gasteiger partial charge is 0.276 e. The lowest BCUT2D eigenvalue weighted by molar-refractivity contribution is -0.892. The molecule has 24 heavy (non-hydrogen) atoms. The van der Waals surface area contributed by atoms with E-state index in [1.165, 1.54) is 4.90 Å². The molecule has 1 aromatic carbocycles. The van der Waals surface area contributed by atoms with Crippen LogP contribution in [-0.4, -0.2) is 49.3 Å². The van der Waals surface area contributed by atoms with Crippen LogP contribution in [0.4, 0.5) is 5.69 Å². The summed E-state index contributed by atoms with van der Waals surface area (Å²) in [7, 11) is 0. The van der Waals surface area contributed by atoms with Crippen LogP contribution in [0.25, 0.3) is 0 Å². The first-order valence-electron chi connectivity index (χ1n) is 8.60. The second-order valence-electron chi connectivity index (χ2n) is 7.07. The summed E-state index contributed by atoms with van der Waals surface area (Å²) < 4.78 is 0. The van der Waals surface area contributed by atoms with Gasteiger partial charge in [0.05, 0.1) is 32.2 Å². The molecule has 1 heterocycles. The quantitative estimate of drug-likeness (QED) is 0.705. The van der Waals surface area contributed by atoms with Gasteiger partial charge in [-0.3, -0.25) is 4.79 Å². The molecule has 2 fully saturated rings. The van der Waals surface area contributed by atoms with Gasteiger partial charge >= 0.3 is 0 Å². The van der Waals surface area contributed by atoms with E-state index in [4.69, 9.17) is 0 Å². The predicted octanol–water partition coefficient (Wildman–Crippen LogP) is -0.0944. The Morgan fingerprint density at radius 1 is 1.38 bits per heavy atom. The van der Waals surface area contributed by atoms with Crippen molar-refractivity contribution in [2.75, 3.05) is 37.6 Å². The maximum atomic E-state index is 12.3. The van der Waals surface area contributed by atoms with Gasteiger partial charge in [0.2, 0.25) is 0 Å². The third kappa shape index (κ3) is 3.80. The maximum absolute atomic E-state index is 12.3. The molecule has 2 aliphatic rings. The molecule has 1 saturated heterocycles. The van der Waals surface area contributed by atoms with E-state index in [2.05, 4.69) is 16.3 Å². The van der Waals surface area contributed by atoms with E-state index in [-0.39, 0.29) is 11.7 Å². The van der Waals surface area contributed by atoms with Crippen LogP contribution in [0, 0.1) is 17.2 Å². The number of anilines is 1. The first-order chi connectivity index (χ1) is 11.5. The standard InChI is InChI=1S/C18H24N4O2/c1-18(13-19,14-2-3-14)20-17(24)12-21-8-10-22(11-9-21)15-4-6-16(23)7-5-15/h4-7,14,23H,2-3,8-12H2,1H3,(H,20,24)/p+1/t18-/m0/s1. The third-order valence-electron chi connectivity index (χ3n) is 5.12. The predicted molar refractivity (Wildman–Crippen MR) is 90.8 cm³/mol. The van der Waals surface area contributed by atoms with Crippen LogP contribution in [0.1, 0.15) is 19.8 Å². The van der Waals surface area contributed by atoms with Gasteiger partial charge in [-0.2, -0.15) is 5.26 Å². The second kappa shape index (κ2) is 6.70. The molecule has 1 saturated carbocycles. The van der Waals surface area contributed by atoms with Gasteiger partial charge in [-0.05, 0) is 49.9 Å². The fraction of sp³-hybridized carbons (Fsp3) is 0.556. The number of phenols is 1. The Balaban J connectivity index is 1.47. The van der Waals surface area contributed by atoms with Gasteiger partial charge in [-0.25, -0.2) is 0 Å². The van der Waals surface area contributed by atoms with Gasteiger partial charge in [0.25, 0.3) is 5.91 Å². The Bertz CT molecular complexity index is 627. The van der Waals surface area contributed by atoms with Crippen molar-refractivity contribution < 1.29 is 14.8 Å². The number of hydrogen-bond donors (Lipinski definition) is 3. The van der Waals surface area contributed by atoms with E-state index in [0.29, 0.717) is 12.5 Å². The average molecular weight is 329 g/mol. The van der Waals surface area contributed by atoms with Gasteiger partial charge < -0.3 is 20.2 Å². The Morgan fingerprint density at radius 3 is 2.54 bits per heavy atom. The molecule has 1 atom stereocenters. The molecule has 0 unspecified atom stereocenters. The highest BCUT2D eigenvalue weighted by Crippen LogP contribution is 2.39. The largest absolute Gasteiger partial charge is 0.508 e. The summed E-state index contributed by atoms with van der Waals surface area (Å²) in [5, 5.41) is 21.6. The number of nitrogens with zero attached hydrogens (tertiary/aromatic N) is 2. The molecule has 6 nitrogen and oxygen atoms in total. The number of carbonyl (C=O) groups excluding carboxylic acids is 1. The molecule has 1 amide bonds. The number of nitrogens with one attached hydrogen (secondary N) is 2. The van der Waals surface area contributed by atoms with Gasteiger partial charge in [0.15, 0.2) is 6.54 Å². The monoisotopic (exact) mass is 329 g/mol. The summed E-state index contributed by atoms with van der Waals surface area (Å²) in [5.41, 5.74) is 0.395. The molecule has 1 aliphatic carbocycles. The third-order valence-corrected chi connectivity index (χ3v) is 5.12. The minimum absolute atomic E-state index is 0.0287. The number of hydrogen-bond acceptors (Lipinski definition) is 4. The molecule has 1 aliphatic heterocycles. The van der Waals surface area contributed by atoms with Crippen LogP contribution in [0.3, 0.4) is 0 Å². The fourth-order valence-corrected chi connectivity index (χ4v) is 3.36. The molecular weight excluding hydrogens is 304 g/mol. The minimum atomic E-state index is -0.704. The molecule has 3 N–H and O–H groups in total. The van der Waals surface area contributed by atoms with Crippen molar-refractivity contribution in [3.05, 3.63) is 24.3 Å². The molecule has 3 rings (SSSR count). The lowest BCUT2D eigenvalue weighted by Gasteiger charge is -2.34. The van der Waals surface area contributed by atoms with E-state index in [1.54, 1.807) is 12.1 Å². The van der Waals surface area contributed by atoms with Crippen LogP contribution in [0.2, 0.25) is 0 Å². The number of phenolic OH excluding ortho intramolecular Hbond substituents is 1. The summed E-state index contributed by atoms with van der Waals surface area (Å²) in [6, 6.07) is 9.50. The van der Waals surface area contributed by atoms with Crippen molar-refractivity contribution in [3.63, 3.8) is 0 Å². The van der Waals surface area contributed by atoms with Gasteiger partial charge in [-0.15, -0.1) is 0 Å². The van der Waals surface area contributed by atoms with Gasteiger partial charge in [0, 0.05) is 5.69 Å². The zero-order valence-electron chi connectivity index (χ0n) is 14.1. The van der Waals surface area contributed by atoms with Crippen molar-refractivity contribution in [1.82, 2.24) is 5.32 Å². The van der Waals surface area contributed by atoms with Crippen LogP contribution in [-0.2, 0) is 4.79 Å². The lowest BCUT2D eigenvalue weighted by atomic mass is 9.98. The van der Waals surface area contributed by atoms with E-state index < -0.39 is 5.54 Å². The number of amides is 1.